The van der Waals surface area contributed by atoms with Gasteiger partial charge in [0.15, 0.2) is 17.3 Å². The standard InChI is InChI=1S/C30H38FN7O4/c1-30(2,3)18-38(10-11-39)9-6-12-42-26-17-24-23(16-25(26)41-4)29(33-19-32-24)35-27-14-22(36-37-27)15-28(40)34-21-8-5-7-20(31)13-21/h5,7-8,13-14,16-17,19,39H,6,9-12,15,18H2,1-4H3,(H,34,40)(H2,32,33,35,36,37). The number of aliphatic hydroxyl groups excluding tert-OH is 1. The second-order valence-electron chi connectivity index (χ2n) is 11.1. The van der Waals surface area contributed by atoms with Crippen molar-refractivity contribution in [2.24, 2.45) is 5.41 Å². The molecule has 224 valence electrons. The molecule has 0 atom stereocenters. The number of anilines is 3. The van der Waals surface area contributed by atoms with Crippen molar-refractivity contribution in [3.05, 3.63) is 60.3 Å². The highest BCUT2D eigenvalue weighted by Gasteiger charge is 2.17. The molecule has 0 saturated carbocycles. The minimum atomic E-state index is -0.426. The molecule has 0 unspecified atom stereocenters. The number of fused-ring (bicyclic) bond motifs is 1. The number of amides is 1. The van der Waals surface area contributed by atoms with E-state index in [1.807, 2.05) is 12.1 Å². The van der Waals surface area contributed by atoms with Gasteiger partial charge in [0, 0.05) is 48.5 Å². The van der Waals surface area contributed by atoms with Crippen molar-refractivity contribution in [1.29, 1.82) is 0 Å². The summed E-state index contributed by atoms with van der Waals surface area (Å²) >= 11 is 0. The first-order chi connectivity index (χ1) is 20.1. The molecule has 42 heavy (non-hydrogen) atoms. The lowest BCUT2D eigenvalue weighted by Crippen LogP contribution is -2.36. The molecule has 2 aromatic heterocycles. The molecule has 1 amide bonds. The average Bonchev–Trinajstić information content (AvgIpc) is 3.36. The second kappa shape index (κ2) is 14.1. The van der Waals surface area contributed by atoms with Gasteiger partial charge in [0.1, 0.15) is 18.0 Å². The van der Waals surface area contributed by atoms with Gasteiger partial charge in [-0.15, -0.1) is 0 Å². The number of aromatic amines is 1. The zero-order valence-corrected chi connectivity index (χ0v) is 24.4. The summed E-state index contributed by atoms with van der Waals surface area (Å²) in [5, 5.41) is 23.0. The Labute approximate surface area is 244 Å². The first-order valence-corrected chi connectivity index (χ1v) is 13.8. The van der Waals surface area contributed by atoms with Crippen molar-refractivity contribution in [3.63, 3.8) is 0 Å². The van der Waals surface area contributed by atoms with E-state index in [0.717, 1.165) is 19.5 Å². The number of hydrogen-bond acceptors (Lipinski definition) is 9. The second-order valence-corrected chi connectivity index (χ2v) is 11.1. The molecule has 0 bridgehead atoms. The van der Waals surface area contributed by atoms with Crippen molar-refractivity contribution < 1.29 is 23.8 Å². The van der Waals surface area contributed by atoms with Crippen molar-refractivity contribution >= 4 is 34.1 Å². The highest BCUT2D eigenvalue weighted by atomic mass is 19.1. The summed E-state index contributed by atoms with van der Waals surface area (Å²) < 4.78 is 25.1. The Morgan fingerprint density at radius 3 is 2.69 bits per heavy atom. The van der Waals surface area contributed by atoms with Crippen LogP contribution in [-0.2, 0) is 11.2 Å². The first kappa shape index (κ1) is 30.7. The molecule has 0 spiro atoms. The fraction of sp³-hybridized carbons (Fsp3) is 0.400. The molecule has 0 saturated heterocycles. The van der Waals surface area contributed by atoms with Crippen LogP contribution in [0.1, 0.15) is 32.9 Å². The number of aliphatic hydroxyl groups is 1. The lowest BCUT2D eigenvalue weighted by atomic mass is 9.96. The van der Waals surface area contributed by atoms with Crippen molar-refractivity contribution in [3.8, 4) is 11.5 Å². The van der Waals surface area contributed by atoms with Gasteiger partial charge in [-0.25, -0.2) is 14.4 Å². The number of nitrogens with one attached hydrogen (secondary N) is 3. The third-order valence-corrected chi connectivity index (χ3v) is 6.25. The Morgan fingerprint density at radius 2 is 1.95 bits per heavy atom. The molecule has 0 fully saturated rings. The van der Waals surface area contributed by atoms with Crippen LogP contribution in [0.3, 0.4) is 0 Å². The van der Waals surface area contributed by atoms with Gasteiger partial charge in [0.05, 0.1) is 32.3 Å². The quantitative estimate of drug-likeness (QED) is 0.159. The molecule has 4 rings (SSSR count). The van der Waals surface area contributed by atoms with Crippen LogP contribution in [0.5, 0.6) is 11.5 Å². The molecule has 2 aromatic carbocycles. The van der Waals surface area contributed by atoms with Crippen molar-refractivity contribution in [2.45, 2.75) is 33.6 Å². The fourth-order valence-electron chi connectivity index (χ4n) is 4.57. The van der Waals surface area contributed by atoms with E-state index >= 15 is 0 Å². The number of rotatable bonds is 14. The summed E-state index contributed by atoms with van der Waals surface area (Å²) in [6.07, 6.45) is 2.26. The van der Waals surface area contributed by atoms with Gasteiger partial charge in [-0.2, -0.15) is 5.10 Å². The minimum Gasteiger partial charge on any atom is -0.493 e. The van der Waals surface area contributed by atoms with Crippen molar-refractivity contribution in [2.75, 3.05) is 50.6 Å². The third-order valence-electron chi connectivity index (χ3n) is 6.25. The topological polar surface area (TPSA) is 138 Å². The average molecular weight is 580 g/mol. The van der Waals surface area contributed by atoms with Gasteiger partial charge in [0.25, 0.3) is 0 Å². The van der Waals surface area contributed by atoms with E-state index in [-0.39, 0.29) is 24.3 Å². The van der Waals surface area contributed by atoms with E-state index in [0.29, 0.717) is 58.6 Å². The van der Waals surface area contributed by atoms with Crippen LogP contribution in [0, 0.1) is 11.2 Å². The van der Waals surface area contributed by atoms with E-state index in [9.17, 15) is 14.3 Å². The number of ether oxygens (including phenoxy) is 2. The van der Waals surface area contributed by atoms with Crippen LogP contribution in [0.4, 0.5) is 21.7 Å². The number of halogens is 1. The molecule has 0 aliphatic rings. The highest BCUT2D eigenvalue weighted by Crippen LogP contribution is 2.34. The molecule has 4 aromatic rings. The zero-order chi connectivity index (χ0) is 30.1. The highest BCUT2D eigenvalue weighted by molar-refractivity contribution is 5.93. The van der Waals surface area contributed by atoms with Crippen LogP contribution in [-0.4, -0.2) is 76.0 Å². The Morgan fingerprint density at radius 1 is 1.12 bits per heavy atom. The molecule has 12 heteroatoms. The van der Waals surface area contributed by atoms with Crippen LogP contribution in [0.25, 0.3) is 10.9 Å². The maximum absolute atomic E-state index is 13.4. The number of carbonyl (C=O) groups is 1. The largest absolute Gasteiger partial charge is 0.493 e. The van der Waals surface area contributed by atoms with Gasteiger partial charge in [0.2, 0.25) is 5.91 Å². The molecular formula is C30H38FN7O4. The monoisotopic (exact) mass is 579 g/mol. The summed E-state index contributed by atoms with van der Waals surface area (Å²) in [7, 11) is 1.58. The number of hydrogen-bond donors (Lipinski definition) is 4. The predicted molar refractivity (Wildman–Crippen MR) is 160 cm³/mol. The number of methoxy groups -OCH3 is 1. The van der Waals surface area contributed by atoms with Crippen molar-refractivity contribution in [1.82, 2.24) is 25.1 Å². The van der Waals surface area contributed by atoms with E-state index in [1.165, 1.54) is 24.5 Å². The van der Waals surface area contributed by atoms with Gasteiger partial charge in [-0.3, -0.25) is 9.89 Å². The van der Waals surface area contributed by atoms with Gasteiger partial charge < -0.3 is 30.1 Å². The summed E-state index contributed by atoms with van der Waals surface area (Å²) in [4.78, 5) is 23.4. The zero-order valence-electron chi connectivity index (χ0n) is 24.4. The lowest BCUT2D eigenvalue weighted by Gasteiger charge is -2.29. The summed E-state index contributed by atoms with van der Waals surface area (Å²) in [6.45, 7) is 9.47. The van der Waals surface area contributed by atoms with E-state index < -0.39 is 5.82 Å². The molecule has 11 nitrogen and oxygen atoms in total. The van der Waals surface area contributed by atoms with Crippen LogP contribution in [0.2, 0.25) is 0 Å². The lowest BCUT2D eigenvalue weighted by molar-refractivity contribution is -0.115. The number of H-pyrrole nitrogens is 1. The Kier molecular flexibility index (Phi) is 10.3. The van der Waals surface area contributed by atoms with Gasteiger partial charge in [-0.1, -0.05) is 26.8 Å². The summed E-state index contributed by atoms with van der Waals surface area (Å²) in [5.41, 5.74) is 1.74. The molecule has 0 radical (unpaired) electrons. The molecule has 0 aliphatic carbocycles. The third kappa shape index (κ3) is 8.85. The Balaban J connectivity index is 1.39. The van der Waals surface area contributed by atoms with Crippen LogP contribution in [0.15, 0.2) is 48.8 Å². The summed E-state index contributed by atoms with van der Waals surface area (Å²) in [6, 6.07) is 11.0. The van der Waals surface area contributed by atoms with Gasteiger partial charge >= 0.3 is 0 Å². The predicted octanol–water partition coefficient (Wildman–Crippen LogP) is 4.53. The number of benzene rings is 2. The smallest absolute Gasteiger partial charge is 0.230 e. The fourth-order valence-corrected chi connectivity index (χ4v) is 4.57. The van der Waals surface area contributed by atoms with E-state index in [4.69, 9.17) is 9.47 Å². The van der Waals surface area contributed by atoms with Crippen LogP contribution >= 0.6 is 0 Å². The molecular weight excluding hydrogens is 541 g/mol. The molecule has 2 heterocycles. The van der Waals surface area contributed by atoms with E-state index in [2.05, 4.69) is 56.5 Å². The number of aromatic nitrogens is 4. The number of nitrogens with zero attached hydrogens (tertiary/aromatic N) is 4. The first-order valence-electron chi connectivity index (χ1n) is 13.8. The number of carbonyl (C=O) groups excluding carboxylic acids is 1. The molecule has 0 aliphatic heterocycles. The normalized spacial score (nSPS) is 11.6. The Bertz CT molecular complexity index is 1490. The molecule has 4 N–H and O–H groups in total. The maximum atomic E-state index is 13.4. The van der Waals surface area contributed by atoms with Gasteiger partial charge in [-0.05, 0) is 36.1 Å². The van der Waals surface area contributed by atoms with E-state index in [1.54, 1.807) is 19.2 Å². The maximum Gasteiger partial charge on any atom is 0.230 e. The SMILES string of the molecule is COc1cc2c(Nc3cc(CC(=O)Nc4cccc(F)c4)[nH]n3)ncnc2cc1OCCCN(CCO)CC(C)(C)C. The van der Waals surface area contributed by atoms with Crippen LogP contribution < -0.4 is 20.1 Å². The Hall–Kier alpha value is -4.29. The summed E-state index contributed by atoms with van der Waals surface area (Å²) in [5.74, 6) is 1.35. The minimum absolute atomic E-state index is 0.0260.